The largest absolute Gasteiger partial charge is 0.495 e. The summed E-state index contributed by atoms with van der Waals surface area (Å²) in [7, 11) is 1.61. The van der Waals surface area contributed by atoms with Crippen LogP contribution in [0.3, 0.4) is 0 Å². The van der Waals surface area contributed by atoms with Crippen LogP contribution in [0.4, 0.5) is 5.69 Å². The molecule has 1 unspecified atom stereocenters. The average molecular weight is 296 g/mol. The van der Waals surface area contributed by atoms with Crippen LogP contribution in [0, 0.1) is 5.92 Å². The molecule has 1 amide bonds. The second kappa shape index (κ2) is 4.92. The van der Waals surface area contributed by atoms with E-state index in [1.807, 2.05) is 24.3 Å². The number of hydrogen-bond donors (Lipinski definition) is 0. The zero-order valence-electron chi connectivity index (χ0n) is 9.65. The Labute approximate surface area is 109 Å². The molecule has 1 saturated heterocycles. The summed E-state index contributed by atoms with van der Waals surface area (Å²) < 4.78 is 6.11. The summed E-state index contributed by atoms with van der Waals surface area (Å²) in [5, 5.41) is 0. The second-order valence-corrected chi connectivity index (χ2v) is 4.88. The predicted octanol–water partition coefficient (Wildman–Crippen LogP) is 3.00. The average Bonchev–Trinajstić information content (AvgIpc) is 2.71. The van der Waals surface area contributed by atoms with Gasteiger partial charge in [0, 0.05) is 30.6 Å². The van der Waals surface area contributed by atoms with E-state index in [2.05, 4.69) is 22.5 Å². The zero-order chi connectivity index (χ0) is 12.4. The molecular formula is C13H14BrNO2. The Morgan fingerprint density at radius 1 is 1.59 bits per heavy atom. The molecule has 90 valence electrons. The Morgan fingerprint density at radius 2 is 2.35 bits per heavy atom. The number of nitrogens with zero attached hydrogens (tertiary/aromatic N) is 1. The van der Waals surface area contributed by atoms with Gasteiger partial charge in [0.2, 0.25) is 5.91 Å². The molecule has 17 heavy (non-hydrogen) atoms. The van der Waals surface area contributed by atoms with E-state index in [1.165, 1.54) is 0 Å². The number of rotatable bonds is 3. The fourth-order valence-corrected chi connectivity index (χ4v) is 2.37. The van der Waals surface area contributed by atoms with E-state index >= 15 is 0 Å². The smallest absolute Gasteiger partial charge is 0.227 e. The number of ether oxygens (including phenoxy) is 1. The summed E-state index contributed by atoms with van der Waals surface area (Å²) in [6.45, 7) is 4.44. The number of methoxy groups -OCH3 is 1. The van der Waals surface area contributed by atoms with Crippen molar-refractivity contribution in [3.63, 3.8) is 0 Å². The van der Waals surface area contributed by atoms with Gasteiger partial charge in [-0.3, -0.25) is 4.79 Å². The normalized spacial score (nSPS) is 19.5. The first-order valence-electron chi connectivity index (χ1n) is 5.42. The maximum Gasteiger partial charge on any atom is 0.227 e. The summed E-state index contributed by atoms with van der Waals surface area (Å²) >= 11 is 3.40. The van der Waals surface area contributed by atoms with Gasteiger partial charge >= 0.3 is 0 Å². The Morgan fingerprint density at radius 3 is 2.94 bits per heavy atom. The van der Waals surface area contributed by atoms with Gasteiger partial charge in [0.1, 0.15) is 5.75 Å². The van der Waals surface area contributed by atoms with E-state index in [4.69, 9.17) is 4.74 Å². The highest BCUT2D eigenvalue weighted by molar-refractivity contribution is 9.10. The molecule has 0 aliphatic carbocycles. The molecule has 1 fully saturated rings. The van der Waals surface area contributed by atoms with Crippen molar-refractivity contribution in [3.05, 3.63) is 35.3 Å². The lowest BCUT2D eigenvalue weighted by Gasteiger charge is -2.17. The molecule has 2 rings (SSSR count). The first kappa shape index (κ1) is 12.2. The van der Waals surface area contributed by atoms with E-state index in [0.29, 0.717) is 13.0 Å². The van der Waals surface area contributed by atoms with E-state index in [1.54, 1.807) is 12.0 Å². The molecule has 0 bridgehead atoms. The summed E-state index contributed by atoms with van der Waals surface area (Å²) in [6, 6.07) is 5.67. The minimum absolute atomic E-state index is 0.138. The molecule has 0 spiro atoms. The number of amides is 1. The zero-order valence-corrected chi connectivity index (χ0v) is 11.2. The number of hydrogen-bond acceptors (Lipinski definition) is 2. The van der Waals surface area contributed by atoms with Gasteiger partial charge in [-0.15, -0.1) is 6.58 Å². The Hall–Kier alpha value is -1.29. The van der Waals surface area contributed by atoms with Gasteiger partial charge in [-0.1, -0.05) is 6.08 Å². The molecule has 0 saturated carbocycles. The van der Waals surface area contributed by atoms with Gasteiger partial charge in [-0.25, -0.2) is 0 Å². The van der Waals surface area contributed by atoms with E-state index in [9.17, 15) is 4.79 Å². The van der Waals surface area contributed by atoms with Crippen LogP contribution in [0.25, 0.3) is 0 Å². The molecule has 4 heteroatoms. The fourth-order valence-electron chi connectivity index (χ4n) is 1.96. The van der Waals surface area contributed by atoms with Crippen LogP contribution >= 0.6 is 15.9 Å². The lowest BCUT2D eigenvalue weighted by atomic mass is 10.1. The van der Waals surface area contributed by atoms with Crippen molar-refractivity contribution in [1.82, 2.24) is 0 Å². The number of carbonyl (C=O) groups is 1. The van der Waals surface area contributed by atoms with Crippen molar-refractivity contribution in [2.24, 2.45) is 5.92 Å². The van der Waals surface area contributed by atoms with Crippen molar-refractivity contribution in [2.45, 2.75) is 6.42 Å². The number of anilines is 1. The topological polar surface area (TPSA) is 29.5 Å². The summed E-state index contributed by atoms with van der Waals surface area (Å²) in [5.74, 6) is 1.12. The first-order chi connectivity index (χ1) is 8.15. The third kappa shape index (κ3) is 2.36. The van der Waals surface area contributed by atoms with Gasteiger partial charge in [-0.05, 0) is 28.1 Å². The lowest BCUT2D eigenvalue weighted by Crippen LogP contribution is -2.24. The Bertz CT molecular complexity index is 459. The minimum Gasteiger partial charge on any atom is -0.495 e. The predicted molar refractivity (Wildman–Crippen MR) is 71.4 cm³/mol. The van der Waals surface area contributed by atoms with Crippen molar-refractivity contribution in [3.8, 4) is 5.75 Å². The standard InChI is InChI=1S/C13H14BrNO2/c1-3-9-6-13(16)15(8-9)10-4-5-11(14)12(7-10)17-2/h3-5,7,9H,1,6,8H2,2H3. The van der Waals surface area contributed by atoms with E-state index in [-0.39, 0.29) is 11.8 Å². The van der Waals surface area contributed by atoms with Crippen LogP contribution in [0.5, 0.6) is 5.75 Å². The molecule has 1 aliphatic rings. The molecule has 0 radical (unpaired) electrons. The Balaban J connectivity index is 2.28. The highest BCUT2D eigenvalue weighted by Gasteiger charge is 2.28. The first-order valence-corrected chi connectivity index (χ1v) is 6.21. The molecule has 1 atom stereocenters. The second-order valence-electron chi connectivity index (χ2n) is 4.02. The van der Waals surface area contributed by atoms with Gasteiger partial charge in [-0.2, -0.15) is 0 Å². The van der Waals surface area contributed by atoms with Crippen LogP contribution in [0.15, 0.2) is 35.3 Å². The van der Waals surface area contributed by atoms with E-state index in [0.717, 1.165) is 15.9 Å². The van der Waals surface area contributed by atoms with Crippen LogP contribution in [0.2, 0.25) is 0 Å². The molecule has 0 aromatic heterocycles. The summed E-state index contributed by atoms with van der Waals surface area (Å²) in [5.41, 5.74) is 0.874. The molecule has 1 aromatic carbocycles. The summed E-state index contributed by atoms with van der Waals surface area (Å²) in [4.78, 5) is 13.6. The van der Waals surface area contributed by atoms with Gasteiger partial charge in [0.25, 0.3) is 0 Å². The molecular weight excluding hydrogens is 282 g/mol. The van der Waals surface area contributed by atoms with Crippen LogP contribution in [-0.4, -0.2) is 19.6 Å². The van der Waals surface area contributed by atoms with Crippen molar-refractivity contribution < 1.29 is 9.53 Å². The molecule has 1 heterocycles. The maximum atomic E-state index is 11.9. The molecule has 1 aromatic rings. The van der Waals surface area contributed by atoms with Crippen molar-refractivity contribution in [2.75, 3.05) is 18.6 Å². The molecule has 3 nitrogen and oxygen atoms in total. The number of carbonyl (C=O) groups excluding carboxylic acids is 1. The van der Waals surface area contributed by atoms with Gasteiger partial charge in [0.15, 0.2) is 0 Å². The maximum absolute atomic E-state index is 11.9. The third-order valence-corrected chi connectivity index (χ3v) is 3.59. The van der Waals surface area contributed by atoms with Crippen LogP contribution < -0.4 is 9.64 Å². The molecule has 1 aliphatic heterocycles. The van der Waals surface area contributed by atoms with Crippen molar-refractivity contribution in [1.29, 1.82) is 0 Å². The van der Waals surface area contributed by atoms with E-state index < -0.39 is 0 Å². The molecule has 0 N–H and O–H groups in total. The van der Waals surface area contributed by atoms with Crippen LogP contribution in [-0.2, 0) is 4.79 Å². The van der Waals surface area contributed by atoms with Crippen molar-refractivity contribution >= 4 is 27.5 Å². The minimum atomic E-state index is 0.138. The fraction of sp³-hybridized carbons (Fsp3) is 0.308. The number of halogens is 1. The van der Waals surface area contributed by atoms with Gasteiger partial charge < -0.3 is 9.64 Å². The summed E-state index contributed by atoms with van der Waals surface area (Å²) in [6.07, 6.45) is 2.38. The highest BCUT2D eigenvalue weighted by atomic mass is 79.9. The Kier molecular flexibility index (Phi) is 3.52. The third-order valence-electron chi connectivity index (χ3n) is 2.93. The quantitative estimate of drug-likeness (QED) is 0.803. The monoisotopic (exact) mass is 295 g/mol. The van der Waals surface area contributed by atoms with Gasteiger partial charge in [0.05, 0.1) is 11.6 Å². The highest BCUT2D eigenvalue weighted by Crippen LogP contribution is 2.32. The lowest BCUT2D eigenvalue weighted by molar-refractivity contribution is -0.117. The number of benzene rings is 1. The SMILES string of the molecule is C=CC1CC(=O)N(c2ccc(Br)c(OC)c2)C1. The van der Waals surface area contributed by atoms with Crippen LogP contribution in [0.1, 0.15) is 6.42 Å².